The average molecular weight is 302 g/mol. The Morgan fingerprint density at radius 2 is 2.15 bits per heavy atom. The molecule has 1 amide bonds. The van der Waals surface area contributed by atoms with Crippen molar-refractivity contribution < 1.29 is 14.8 Å². The smallest absolute Gasteiger partial charge is 0.294 e. The van der Waals surface area contributed by atoms with Gasteiger partial charge in [0.15, 0.2) is 0 Å². The predicted molar refractivity (Wildman–Crippen MR) is 75.8 cm³/mol. The highest BCUT2D eigenvalue weighted by Crippen LogP contribution is 2.31. The summed E-state index contributed by atoms with van der Waals surface area (Å²) in [6, 6.07) is 2.22. The van der Waals surface area contributed by atoms with E-state index in [1.54, 1.807) is 13.8 Å². The van der Waals surface area contributed by atoms with Crippen LogP contribution in [0.3, 0.4) is 0 Å². The van der Waals surface area contributed by atoms with Crippen molar-refractivity contribution in [3.8, 4) is 0 Å². The minimum atomic E-state index is -0.691. The number of nitro benzene ring substituents is 1. The fourth-order valence-corrected chi connectivity index (χ4v) is 1.96. The van der Waals surface area contributed by atoms with E-state index in [2.05, 4.69) is 0 Å². The highest BCUT2D eigenvalue weighted by molar-refractivity contribution is 6.34. The molecule has 20 heavy (non-hydrogen) atoms. The van der Waals surface area contributed by atoms with Crippen LogP contribution in [0.25, 0.3) is 0 Å². The first kappa shape index (κ1) is 16.2. The minimum Gasteiger partial charge on any atom is -0.395 e. The van der Waals surface area contributed by atoms with Gasteiger partial charge >= 0.3 is 0 Å². The Bertz CT molecular complexity index is 534. The Labute approximate surface area is 121 Å². The predicted octanol–water partition coefficient (Wildman–Crippen LogP) is 1.67. The summed E-state index contributed by atoms with van der Waals surface area (Å²) in [5.41, 5.74) is 4.99. The fraction of sp³-hybridized carbons (Fsp3) is 0.417. The molecule has 0 heterocycles. The van der Waals surface area contributed by atoms with Gasteiger partial charge in [-0.15, -0.1) is 0 Å². The van der Waals surface area contributed by atoms with Crippen molar-refractivity contribution in [1.82, 2.24) is 4.90 Å². The number of nitrogen functional groups attached to an aromatic ring is 1. The van der Waals surface area contributed by atoms with Gasteiger partial charge < -0.3 is 15.7 Å². The highest BCUT2D eigenvalue weighted by atomic mass is 35.5. The van der Waals surface area contributed by atoms with Crippen LogP contribution in [-0.2, 0) is 0 Å². The van der Waals surface area contributed by atoms with Crippen LogP contribution in [0.15, 0.2) is 12.1 Å². The van der Waals surface area contributed by atoms with E-state index in [9.17, 15) is 14.9 Å². The molecule has 0 atom stereocenters. The molecule has 7 nitrogen and oxygen atoms in total. The van der Waals surface area contributed by atoms with Gasteiger partial charge in [0, 0.05) is 24.2 Å². The summed E-state index contributed by atoms with van der Waals surface area (Å²) in [6.45, 7) is 3.49. The lowest BCUT2D eigenvalue weighted by atomic mass is 10.1. The number of hydrogen-bond acceptors (Lipinski definition) is 5. The molecule has 0 saturated carbocycles. The molecule has 0 aliphatic heterocycles. The van der Waals surface area contributed by atoms with Gasteiger partial charge in [-0.2, -0.15) is 0 Å². The molecule has 0 aromatic heterocycles. The van der Waals surface area contributed by atoms with Gasteiger partial charge in [-0.25, -0.2) is 0 Å². The van der Waals surface area contributed by atoms with Crippen LogP contribution in [-0.4, -0.2) is 40.0 Å². The molecule has 0 aliphatic carbocycles. The second-order valence-corrected chi connectivity index (χ2v) is 4.87. The molecule has 0 aliphatic rings. The highest BCUT2D eigenvalue weighted by Gasteiger charge is 2.23. The maximum atomic E-state index is 12.3. The zero-order valence-corrected chi connectivity index (χ0v) is 11.9. The Balaban J connectivity index is 3.25. The quantitative estimate of drug-likeness (QED) is 0.488. The van der Waals surface area contributed by atoms with Crippen molar-refractivity contribution in [1.29, 1.82) is 0 Å². The Morgan fingerprint density at radius 1 is 1.55 bits per heavy atom. The number of nitrogens with two attached hydrogens (primary N) is 1. The Hall–Kier alpha value is -1.86. The largest absolute Gasteiger partial charge is 0.395 e. The first-order valence-electron chi connectivity index (χ1n) is 5.94. The number of nitrogens with zero attached hydrogens (tertiary/aromatic N) is 2. The third-order valence-corrected chi connectivity index (χ3v) is 3.09. The number of halogens is 1. The van der Waals surface area contributed by atoms with Gasteiger partial charge in [0.25, 0.3) is 11.6 Å². The lowest BCUT2D eigenvalue weighted by Gasteiger charge is -2.26. The summed E-state index contributed by atoms with van der Waals surface area (Å²) in [4.78, 5) is 23.9. The van der Waals surface area contributed by atoms with Gasteiger partial charge in [0.05, 0.1) is 16.6 Å². The van der Waals surface area contributed by atoms with Crippen LogP contribution in [0.4, 0.5) is 11.4 Å². The minimum absolute atomic E-state index is 0.0461. The van der Waals surface area contributed by atoms with E-state index in [1.165, 1.54) is 11.0 Å². The van der Waals surface area contributed by atoms with Crippen molar-refractivity contribution in [2.75, 3.05) is 18.9 Å². The van der Waals surface area contributed by atoms with Crippen LogP contribution < -0.4 is 5.73 Å². The zero-order chi connectivity index (χ0) is 15.4. The third-order valence-electron chi connectivity index (χ3n) is 2.78. The van der Waals surface area contributed by atoms with E-state index < -0.39 is 16.5 Å². The first-order chi connectivity index (χ1) is 9.29. The summed E-state index contributed by atoms with van der Waals surface area (Å²) in [6.07, 6.45) is 0. The Morgan fingerprint density at radius 3 is 2.60 bits per heavy atom. The second kappa shape index (κ2) is 6.53. The molecule has 0 spiro atoms. The molecule has 3 N–H and O–H groups in total. The van der Waals surface area contributed by atoms with Crippen LogP contribution in [0.1, 0.15) is 24.2 Å². The molecule has 0 unspecified atom stereocenters. The molecule has 0 radical (unpaired) electrons. The van der Waals surface area contributed by atoms with E-state index in [0.29, 0.717) is 0 Å². The number of carbonyl (C=O) groups is 1. The molecule has 8 heteroatoms. The summed E-state index contributed by atoms with van der Waals surface area (Å²) < 4.78 is 0. The van der Waals surface area contributed by atoms with Crippen molar-refractivity contribution in [2.45, 2.75) is 19.9 Å². The van der Waals surface area contributed by atoms with E-state index >= 15 is 0 Å². The number of hydrogen-bond donors (Lipinski definition) is 2. The normalized spacial score (nSPS) is 10.7. The fourth-order valence-electron chi connectivity index (χ4n) is 1.75. The number of aliphatic hydroxyl groups is 1. The standard InChI is InChI=1S/C12H16ClN3O4/c1-7(2)15(3-4-17)12(18)8-5-9(13)11(14)10(6-8)16(19)20/h5-7,17H,3-4,14H2,1-2H3. The maximum Gasteiger partial charge on any atom is 0.294 e. The van der Waals surface area contributed by atoms with E-state index in [0.717, 1.165) is 6.07 Å². The van der Waals surface area contributed by atoms with Crippen molar-refractivity contribution >= 4 is 28.9 Å². The molecule has 0 saturated heterocycles. The molecule has 1 aromatic rings. The van der Waals surface area contributed by atoms with Crippen molar-refractivity contribution in [3.05, 3.63) is 32.8 Å². The van der Waals surface area contributed by atoms with Crippen LogP contribution >= 0.6 is 11.6 Å². The third kappa shape index (κ3) is 3.37. The van der Waals surface area contributed by atoms with Gasteiger partial charge in [0.1, 0.15) is 5.69 Å². The molecule has 110 valence electrons. The number of rotatable bonds is 5. The summed E-state index contributed by atoms with van der Waals surface area (Å²) in [5.74, 6) is -0.445. The SMILES string of the molecule is CC(C)N(CCO)C(=O)c1cc(Cl)c(N)c([N+](=O)[O-])c1. The number of anilines is 1. The van der Waals surface area contributed by atoms with Gasteiger partial charge in [-0.3, -0.25) is 14.9 Å². The van der Waals surface area contributed by atoms with Crippen LogP contribution in [0.2, 0.25) is 5.02 Å². The molecule has 0 fully saturated rings. The van der Waals surface area contributed by atoms with Crippen LogP contribution in [0.5, 0.6) is 0 Å². The lowest BCUT2D eigenvalue weighted by Crippen LogP contribution is -2.39. The average Bonchev–Trinajstić information content (AvgIpc) is 2.37. The molecule has 0 bridgehead atoms. The number of benzene rings is 1. The van der Waals surface area contributed by atoms with Gasteiger partial charge in [-0.1, -0.05) is 11.6 Å². The first-order valence-corrected chi connectivity index (χ1v) is 6.32. The molecule has 1 aromatic carbocycles. The number of aliphatic hydroxyl groups excluding tert-OH is 1. The summed E-state index contributed by atoms with van der Waals surface area (Å²) in [5, 5.41) is 19.8. The molecular weight excluding hydrogens is 286 g/mol. The lowest BCUT2D eigenvalue weighted by molar-refractivity contribution is -0.383. The van der Waals surface area contributed by atoms with Crippen LogP contribution in [0, 0.1) is 10.1 Å². The van der Waals surface area contributed by atoms with E-state index in [1.807, 2.05) is 0 Å². The van der Waals surface area contributed by atoms with E-state index in [-0.39, 0.29) is 35.5 Å². The second-order valence-electron chi connectivity index (χ2n) is 4.46. The number of nitro groups is 1. The summed E-state index contributed by atoms with van der Waals surface area (Å²) in [7, 11) is 0. The maximum absolute atomic E-state index is 12.3. The molecule has 1 rings (SSSR count). The van der Waals surface area contributed by atoms with Gasteiger partial charge in [0.2, 0.25) is 0 Å². The van der Waals surface area contributed by atoms with Crippen molar-refractivity contribution in [3.63, 3.8) is 0 Å². The van der Waals surface area contributed by atoms with Crippen molar-refractivity contribution in [2.24, 2.45) is 0 Å². The van der Waals surface area contributed by atoms with Gasteiger partial charge in [-0.05, 0) is 19.9 Å². The van der Waals surface area contributed by atoms with E-state index in [4.69, 9.17) is 22.4 Å². The summed E-state index contributed by atoms with van der Waals surface area (Å²) >= 11 is 5.82. The Kier molecular flexibility index (Phi) is 5.29. The number of carbonyl (C=O) groups excluding carboxylic acids is 1. The number of amides is 1. The monoisotopic (exact) mass is 301 g/mol. The molecular formula is C12H16ClN3O4. The topological polar surface area (TPSA) is 110 Å². The zero-order valence-electron chi connectivity index (χ0n) is 11.2.